The van der Waals surface area contributed by atoms with Crippen molar-refractivity contribution < 1.29 is 4.42 Å². The first-order chi connectivity index (χ1) is 49.9. The van der Waals surface area contributed by atoms with Gasteiger partial charge >= 0.3 is 0 Å². The van der Waals surface area contributed by atoms with Gasteiger partial charge in [0.2, 0.25) is 0 Å². The average Bonchev–Trinajstić information content (AvgIpc) is 1.61. The summed E-state index contributed by atoms with van der Waals surface area (Å²) in [4.78, 5) is 21.4. The summed E-state index contributed by atoms with van der Waals surface area (Å²) in [5, 5.41) is 21.5. The number of benzene rings is 12. The molecule has 101 heavy (non-hydrogen) atoms. The highest BCUT2D eigenvalue weighted by Gasteiger charge is 2.25. The number of furan rings is 1. The number of nitriles is 1. The highest BCUT2D eigenvalue weighted by atomic mass is 16.3. The number of hydrogen-bond donors (Lipinski definition) is 0. The number of aromatic nitrogens is 7. The molecule has 12 aromatic carbocycles. The van der Waals surface area contributed by atoms with Crippen molar-refractivity contribution >= 4 is 132 Å². The molecule has 1 aliphatic rings. The molecule has 0 amide bonds. The van der Waals surface area contributed by atoms with E-state index in [0.29, 0.717) is 5.56 Å². The predicted molar refractivity (Wildman–Crippen MR) is 414 cm³/mol. The molecule has 1 aliphatic carbocycles. The molecule has 0 radical (unpaired) electrons. The molecule has 21 rings (SSSR count). The maximum atomic E-state index is 10.3. The summed E-state index contributed by atoms with van der Waals surface area (Å²) in [6.07, 6.45) is 10.1. The summed E-state index contributed by atoms with van der Waals surface area (Å²) in [5.74, 6) is 0.289. The summed E-state index contributed by atoms with van der Waals surface area (Å²) in [6, 6.07) is 101. The molecule has 0 saturated heterocycles. The van der Waals surface area contributed by atoms with Gasteiger partial charge in [0, 0.05) is 67.1 Å². The first-order valence-corrected chi connectivity index (χ1v) is 34.3. The van der Waals surface area contributed by atoms with E-state index in [0.717, 1.165) is 178 Å². The summed E-state index contributed by atoms with van der Waals surface area (Å²) >= 11 is 0. The quantitative estimate of drug-likeness (QED) is 0.150. The first kappa shape index (κ1) is 56.6. The smallest absolute Gasteiger partial charge is 0.143 e. The van der Waals surface area contributed by atoms with Crippen LogP contribution in [0.2, 0.25) is 0 Å². The highest BCUT2D eigenvalue weighted by molar-refractivity contribution is 6.29. The zero-order valence-electron chi connectivity index (χ0n) is 54.6. The van der Waals surface area contributed by atoms with Gasteiger partial charge in [-0.2, -0.15) is 5.26 Å². The van der Waals surface area contributed by atoms with Crippen molar-refractivity contribution in [1.82, 2.24) is 33.3 Å². The highest BCUT2D eigenvalue weighted by Crippen LogP contribution is 2.46. The largest absolute Gasteiger partial charge is 0.455 e. The van der Waals surface area contributed by atoms with Crippen molar-refractivity contribution in [1.29, 1.82) is 5.26 Å². The molecule has 0 spiro atoms. The Morgan fingerprint density at radius 3 is 1.78 bits per heavy atom. The molecule has 20 aromatic rings. The standard InChI is InChI=1S/C92H56N8O/c1-54-27-29-61(47-74(54)67-36-44-83-96-88-72-25-12-13-26-77(72)94-86(90(88)99(83)53-67)58-16-4-2-5-17-58)62-33-41-79-76(48-62)71-39-28-55(51-93)45-80(71)100(79)68-37-30-56(31-38-68)63-32-40-73-78(50-63)95-87(59-18-6-3-7-19-59)91-89(73)97-82-43-35-66(52-98(82)91)60-21-14-22-64(46-60)75-49-65-20-9-11-24-70(65)85-84-69-23-10-8-15-57(69)34-42-81(84)101-92(75)85/h2-26,28-50,52-54H,27H2,1H3. The third-order valence-corrected chi connectivity index (χ3v) is 21.1. The molecule has 0 bridgehead atoms. The minimum Gasteiger partial charge on any atom is -0.455 e. The number of rotatable bonds is 8. The fourth-order valence-electron chi connectivity index (χ4n) is 16.2. The van der Waals surface area contributed by atoms with Gasteiger partial charge in [0.05, 0.1) is 56.1 Å². The van der Waals surface area contributed by atoms with Crippen molar-refractivity contribution in [3.63, 3.8) is 0 Å². The third kappa shape index (κ3) is 8.82. The van der Waals surface area contributed by atoms with E-state index < -0.39 is 0 Å². The maximum Gasteiger partial charge on any atom is 0.143 e. The Labute approximate surface area is 578 Å². The Hall–Kier alpha value is -13.6. The number of allylic oxidation sites excluding steroid dienone is 4. The first-order valence-electron chi connectivity index (χ1n) is 34.3. The fourth-order valence-corrected chi connectivity index (χ4v) is 16.2. The number of pyridine rings is 4. The average molecular weight is 1290 g/mol. The van der Waals surface area contributed by atoms with Crippen LogP contribution in [0.25, 0.3) is 193 Å². The van der Waals surface area contributed by atoms with Crippen LogP contribution in [-0.4, -0.2) is 33.3 Å². The molecule has 9 nitrogen and oxygen atoms in total. The van der Waals surface area contributed by atoms with Gasteiger partial charge in [0.15, 0.2) is 0 Å². The molecule has 0 aliphatic heterocycles. The molecule has 8 heterocycles. The number of hydrogen-bond acceptors (Lipinski definition) is 6. The monoisotopic (exact) mass is 1290 g/mol. The summed E-state index contributed by atoms with van der Waals surface area (Å²) in [5.41, 5.74) is 27.7. The van der Waals surface area contributed by atoms with E-state index in [2.05, 4.69) is 300 Å². The molecule has 1 atom stereocenters. The van der Waals surface area contributed by atoms with Gasteiger partial charge in [-0.05, 0) is 181 Å². The van der Waals surface area contributed by atoms with Crippen LogP contribution in [-0.2, 0) is 0 Å². The molecule has 470 valence electrons. The molecular weight excluding hydrogens is 1230 g/mol. The molecule has 9 heteroatoms. The maximum absolute atomic E-state index is 10.3. The summed E-state index contributed by atoms with van der Waals surface area (Å²) in [6.45, 7) is 2.32. The van der Waals surface area contributed by atoms with Crippen LogP contribution in [0, 0.1) is 17.2 Å². The van der Waals surface area contributed by atoms with E-state index in [1.165, 1.54) is 32.7 Å². The van der Waals surface area contributed by atoms with Crippen molar-refractivity contribution in [3.8, 4) is 67.7 Å². The zero-order chi connectivity index (χ0) is 66.6. The van der Waals surface area contributed by atoms with Crippen LogP contribution in [0.5, 0.6) is 0 Å². The number of para-hydroxylation sites is 1. The van der Waals surface area contributed by atoms with Crippen LogP contribution in [0.15, 0.2) is 308 Å². The van der Waals surface area contributed by atoms with E-state index in [1.54, 1.807) is 0 Å². The Bertz CT molecular complexity index is 7060. The lowest BCUT2D eigenvalue weighted by molar-refractivity contribution is 0.670. The van der Waals surface area contributed by atoms with Crippen LogP contribution in [0.3, 0.4) is 0 Å². The Morgan fingerprint density at radius 1 is 0.416 bits per heavy atom. The number of imidazole rings is 2. The van der Waals surface area contributed by atoms with Gasteiger partial charge in [-0.15, -0.1) is 0 Å². The van der Waals surface area contributed by atoms with Crippen molar-refractivity contribution in [3.05, 3.63) is 320 Å². The second-order valence-corrected chi connectivity index (χ2v) is 26.9. The summed E-state index contributed by atoms with van der Waals surface area (Å²) < 4.78 is 13.7. The second kappa shape index (κ2) is 22.0. The van der Waals surface area contributed by atoms with Crippen molar-refractivity contribution in [2.45, 2.75) is 13.3 Å². The molecule has 0 saturated carbocycles. The topological polar surface area (TPSA) is 102 Å². The Kier molecular flexibility index (Phi) is 12.3. The number of fused-ring (bicyclic) bond motifs is 20. The second-order valence-electron chi connectivity index (χ2n) is 26.9. The molecule has 8 aromatic heterocycles. The van der Waals surface area contributed by atoms with Crippen LogP contribution in [0.4, 0.5) is 0 Å². The number of nitrogens with zero attached hydrogens (tertiary/aromatic N) is 8. The summed E-state index contributed by atoms with van der Waals surface area (Å²) in [7, 11) is 0. The molecular formula is C92H56N8O. The van der Waals surface area contributed by atoms with Gasteiger partial charge in [0.25, 0.3) is 0 Å². The Morgan fingerprint density at radius 2 is 1.02 bits per heavy atom. The van der Waals surface area contributed by atoms with Gasteiger partial charge in [0.1, 0.15) is 33.5 Å². The van der Waals surface area contributed by atoms with E-state index in [9.17, 15) is 5.26 Å². The van der Waals surface area contributed by atoms with Crippen LogP contribution >= 0.6 is 0 Å². The van der Waals surface area contributed by atoms with Gasteiger partial charge in [-0.3, -0.25) is 8.80 Å². The van der Waals surface area contributed by atoms with E-state index >= 15 is 0 Å². The Balaban J connectivity index is 0.627. The minimum absolute atomic E-state index is 0.289. The molecule has 1 unspecified atom stereocenters. The van der Waals surface area contributed by atoms with Crippen molar-refractivity contribution in [2.75, 3.05) is 0 Å². The van der Waals surface area contributed by atoms with E-state index in [-0.39, 0.29) is 5.92 Å². The van der Waals surface area contributed by atoms with Gasteiger partial charge < -0.3 is 8.98 Å². The predicted octanol–water partition coefficient (Wildman–Crippen LogP) is 23.4. The third-order valence-electron chi connectivity index (χ3n) is 21.1. The van der Waals surface area contributed by atoms with Gasteiger partial charge in [-0.25, -0.2) is 19.9 Å². The van der Waals surface area contributed by atoms with Crippen LogP contribution in [0.1, 0.15) is 30.0 Å². The minimum atomic E-state index is 0.289. The van der Waals surface area contributed by atoms with Crippen LogP contribution < -0.4 is 0 Å². The molecule has 0 fully saturated rings. The normalized spacial score (nSPS) is 13.6. The van der Waals surface area contributed by atoms with E-state index in [1.807, 2.05) is 30.3 Å². The SMILES string of the molecule is CC1CC=C(c2ccc3c(c2)c2ccc(C#N)cc2n3-c2ccc(-c3ccc4c(c3)nc(-c3ccccc3)c3c4nc4ccc(-c5cccc(-c6cc7ccccc7c7c6oc6ccc8ccccc8c67)c5)cn43)cc2)C=C1c1ccc2nc3c4ccccc4nc(-c4ccccc4)c3n2c1. The fraction of sp³-hybridized carbons (Fsp3) is 0.0326. The van der Waals surface area contributed by atoms with Crippen molar-refractivity contribution in [2.24, 2.45) is 5.92 Å². The van der Waals surface area contributed by atoms with Gasteiger partial charge in [-0.1, -0.05) is 201 Å². The zero-order valence-corrected chi connectivity index (χ0v) is 54.6. The lowest BCUT2D eigenvalue weighted by Gasteiger charge is -2.21. The lowest BCUT2D eigenvalue weighted by atomic mass is 9.84. The van der Waals surface area contributed by atoms with E-state index in [4.69, 9.17) is 24.4 Å². The lowest BCUT2D eigenvalue weighted by Crippen LogP contribution is -2.04. The molecule has 0 N–H and O–H groups in total.